The van der Waals surface area contributed by atoms with Crippen molar-refractivity contribution in [3.63, 3.8) is 0 Å². The van der Waals surface area contributed by atoms with Gasteiger partial charge in [-0.05, 0) is 47.8 Å². The zero-order valence-corrected chi connectivity index (χ0v) is 24.9. The first-order chi connectivity index (χ1) is 17.5. The van der Waals surface area contributed by atoms with Crippen LogP contribution in [0.25, 0.3) is 0 Å². The van der Waals surface area contributed by atoms with Gasteiger partial charge in [-0.3, -0.25) is 0 Å². The Hall–Kier alpha value is -1.96. The number of aliphatic hydroxyl groups excluding tert-OH is 1. The number of rotatable bonds is 16. The fourth-order valence-corrected chi connectivity index (χ4v) is 5.49. The molecule has 0 amide bonds. The molecule has 206 valence electrons. The molecule has 0 aliphatic heterocycles. The van der Waals surface area contributed by atoms with Crippen molar-refractivity contribution < 1.29 is 23.7 Å². The molecular weight excluding hydrogens is 480 g/mol. The molecule has 0 spiro atoms. The molecule has 0 radical (unpaired) electrons. The second-order valence-corrected chi connectivity index (χ2v) is 16.1. The van der Waals surface area contributed by atoms with Gasteiger partial charge in [0.1, 0.15) is 5.75 Å². The van der Waals surface area contributed by atoms with Crippen molar-refractivity contribution in [3.8, 4) is 5.75 Å². The van der Waals surface area contributed by atoms with E-state index in [4.69, 9.17) is 18.6 Å². The third kappa shape index (κ3) is 9.69. The van der Waals surface area contributed by atoms with Gasteiger partial charge in [-0.1, -0.05) is 76.2 Å². The van der Waals surface area contributed by atoms with Gasteiger partial charge in [0, 0.05) is 18.4 Å². The molecule has 0 bridgehead atoms. The summed E-state index contributed by atoms with van der Waals surface area (Å²) in [5.41, 5.74) is 2.21. The molecule has 0 aromatic heterocycles. The molecule has 37 heavy (non-hydrogen) atoms. The highest BCUT2D eigenvalue weighted by Gasteiger charge is 2.42. The largest absolute Gasteiger partial charge is 0.497 e. The molecule has 0 heterocycles. The first-order valence-corrected chi connectivity index (χ1v) is 16.2. The van der Waals surface area contributed by atoms with Crippen molar-refractivity contribution in [2.24, 2.45) is 11.8 Å². The fourth-order valence-electron chi connectivity index (χ4n) is 4.05. The topological polar surface area (TPSA) is 57.2 Å². The summed E-state index contributed by atoms with van der Waals surface area (Å²) < 4.78 is 24.8. The van der Waals surface area contributed by atoms with E-state index in [0.29, 0.717) is 19.8 Å². The molecule has 6 heteroatoms. The van der Waals surface area contributed by atoms with E-state index in [1.165, 1.54) is 0 Å². The van der Waals surface area contributed by atoms with Gasteiger partial charge >= 0.3 is 0 Å². The van der Waals surface area contributed by atoms with Crippen molar-refractivity contribution in [1.29, 1.82) is 0 Å². The average Bonchev–Trinajstić information content (AvgIpc) is 2.88. The quantitative estimate of drug-likeness (QED) is 0.144. The van der Waals surface area contributed by atoms with E-state index >= 15 is 0 Å². The van der Waals surface area contributed by atoms with E-state index in [1.54, 1.807) is 13.2 Å². The lowest BCUT2D eigenvalue weighted by Crippen LogP contribution is -2.49. The minimum absolute atomic E-state index is 0.0165. The maximum atomic E-state index is 10.2. The smallest absolute Gasteiger partial charge is 0.192 e. The van der Waals surface area contributed by atoms with Gasteiger partial charge in [-0.25, -0.2) is 0 Å². The van der Waals surface area contributed by atoms with Gasteiger partial charge < -0.3 is 23.7 Å². The van der Waals surface area contributed by atoms with Gasteiger partial charge in [0.05, 0.1) is 39.1 Å². The highest BCUT2D eigenvalue weighted by molar-refractivity contribution is 6.74. The Balaban J connectivity index is 2.19. The summed E-state index contributed by atoms with van der Waals surface area (Å²) in [5, 5.41) is 10.2. The maximum Gasteiger partial charge on any atom is 0.192 e. The van der Waals surface area contributed by atoms with Gasteiger partial charge in [-0.2, -0.15) is 0 Å². The Kier molecular flexibility index (Phi) is 12.5. The Labute approximate surface area is 225 Å². The van der Waals surface area contributed by atoms with Crippen LogP contribution in [-0.4, -0.2) is 46.0 Å². The number of aliphatic hydroxyl groups is 1. The molecule has 0 aliphatic rings. The zero-order chi connectivity index (χ0) is 27.5. The molecule has 0 saturated carbocycles. The molecule has 2 rings (SSSR count). The normalized spacial score (nSPS) is 15.6. The predicted octanol–water partition coefficient (Wildman–Crippen LogP) is 7.01. The summed E-state index contributed by atoms with van der Waals surface area (Å²) in [6.45, 7) is 19.0. The van der Waals surface area contributed by atoms with Crippen molar-refractivity contribution in [2.75, 3.05) is 20.3 Å². The van der Waals surface area contributed by atoms with Crippen LogP contribution in [0.15, 0.2) is 67.3 Å². The van der Waals surface area contributed by atoms with Gasteiger partial charge in [0.15, 0.2) is 8.32 Å². The van der Waals surface area contributed by atoms with Crippen LogP contribution in [0.3, 0.4) is 0 Å². The third-order valence-electron chi connectivity index (χ3n) is 7.55. The number of hydrogen-bond donors (Lipinski definition) is 1. The minimum Gasteiger partial charge on any atom is -0.497 e. The molecule has 2 aromatic rings. The summed E-state index contributed by atoms with van der Waals surface area (Å²) in [7, 11) is -0.409. The minimum atomic E-state index is -2.07. The molecule has 4 atom stereocenters. The van der Waals surface area contributed by atoms with Crippen molar-refractivity contribution in [3.05, 3.63) is 78.4 Å². The van der Waals surface area contributed by atoms with Crippen LogP contribution in [0.5, 0.6) is 5.75 Å². The summed E-state index contributed by atoms with van der Waals surface area (Å²) in [5.74, 6) is 0.623. The van der Waals surface area contributed by atoms with Crippen molar-refractivity contribution >= 4 is 8.32 Å². The Bertz CT molecular complexity index is 907. The van der Waals surface area contributed by atoms with Gasteiger partial charge in [-0.15, -0.1) is 6.58 Å². The number of methoxy groups -OCH3 is 1. The van der Waals surface area contributed by atoms with Crippen LogP contribution in [0.2, 0.25) is 18.1 Å². The van der Waals surface area contributed by atoms with E-state index < -0.39 is 8.32 Å². The summed E-state index contributed by atoms with van der Waals surface area (Å²) in [4.78, 5) is 0. The Morgan fingerprint density at radius 3 is 2.14 bits per heavy atom. The number of benzene rings is 2. The molecular formula is C31H48O5Si. The SMILES string of the molecule is C=C[C@H](CO)[C@@H](OCc1ccc(OC)cc1)[C@H](C)[C@H](CCOCc1ccccc1)O[Si](C)(C)C(C)(C)C. The van der Waals surface area contributed by atoms with E-state index in [0.717, 1.165) is 23.3 Å². The molecule has 0 aliphatic carbocycles. The Morgan fingerprint density at radius 2 is 1.59 bits per heavy atom. The molecule has 0 fully saturated rings. The molecule has 1 N–H and O–H groups in total. The van der Waals surface area contributed by atoms with E-state index in [1.807, 2.05) is 42.5 Å². The fraction of sp³-hybridized carbons (Fsp3) is 0.548. The van der Waals surface area contributed by atoms with Crippen LogP contribution in [0.4, 0.5) is 0 Å². The van der Waals surface area contributed by atoms with Crippen LogP contribution in [-0.2, 0) is 27.1 Å². The van der Waals surface area contributed by atoms with Crippen molar-refractivity contribution in [1.82, 2.24) is 0 Å². The van der Waals surface area contributed by atoms with E-state index in [-0.39, 0.29) is 35.7 Å². The van der Waals surface area contributed by atoms with E-state index in [9.17, 15) is 5.11 Å². The lowest BCUT2D eigenvalue weighted by Gasteiger charge is -2.43. The van der Waals surface area contributed by atoms with Gasteiger partial charge in [0.2, 0.25) is 0 Å². The average molecular weight is 529 g/mol. The van der Waals surface area contributed by atoms with Crippen LogP contribution >= 0.6 is 0 Å². The molecule has 0 unspecified atom stereocenters. The standard InChI is InChI=1S/C31H48O5Si/c1-9-27(21-32)30(35-23-26-15-17-28(33-6)18-16-26)24(2)29(36-37(7,8)31(3,4)5)19-20-34-22-25-13-11-10-12-14-25/h9-18,24,27,29-30,32H,1,19-23H2,2-8H3/t24-,27-,29+,30+/m1/s1. The van der Waals surface area contributed by atoms with Crippen molar-refractivity contribution in [2.45, 2.75) is 77.7 Å². The van der Waals surface area contributed by atoms with Gasteiger partial charge in [0.25, 0.3) is 0 Å². The van der Waals surface area contributed by atoms with Crippen LogP contribution in [0, 0.1) is 11.8 Å². The first-order valence-electron chi connectivity index (χ1n) is 13.3. The Morgan fingerprint density at radius 1 is 0.973 bits per heavy atom. The van der Waals surface area contributed by atoms with E-state index in [2.05, 4.69) is 59.5 Å². The third-order valence-corrected chi connectivity index (χ3v) is 12.1. The predicted molar refractivity (Wildman–Crippen MR) is 154 cm³/mol. The lowest BCUT2D eigenvalue weighted by molar-refractivity contribution is -0.0702. The number of ether oxygens (including phenoxy) is 3. The summed E-state index contributed by atoms with van der Waals surface area (Å²) in [6.07, 6.45) is 2.21. The maximum absolute atomic E-state index is 10.2. The second kappa shape index (κ2) is 14.8. The highest BCUT2D eigenvalue weighted by atomic mass is 28.4. The number of hydrogen-bond acceptors (Lipinski definition) is 5. The molecule has 5 nitrogen and oxygen atoms in total. The summed E-state index contributed by atoms with van der Waals surface area (Å²) >= 11 is 0. The van der Waals surface area contributed by atoms with Crippen LogP contribution < -0.4 is 4.74 Å². The monoisotopic (exact) mass is 528 g/mol. The zero-order valence-electron chi connectivity index (χ0n) is 23.9. The summed E-state index contributed by atoms with van der Waals surface area (Å²) in [6, 6.07) is 18.1. The van der Waals surface area contributed by atoms with Crippen LogP contribution in [0.1, 0.15) is 45.2 Å². The first kappa shape index (κ1) is 31.3. The molecule has 2 aromatic carbocycles. The lowest BCUT2D eigenvalue weighted by atomic mass is 9.87. The second-order valence-electron chi connectivity index (χ2n) is 11.3. The molecule has 0 saturated heterocycles. The highest BCUT2D eigenvalue weighted by Crippen LogP contribution is 2.39.